The van der Waals surface area contributed by atoms with Gasteiger partial charge in [-0.2, -0.15) is 0 Å². The lowest BCUT2D eigenvalue weighted by molar-refractivity contribution is -0.131. The van der Waals surface area contributed by atoms with Crippen LogP contribution in [0.3, 0.4) is 0 Å². The van der Waals surface area contributed by atoms with Crippen LogP contribution in [0.4, 0.5) is 8.78 Å². The molecule has 0 aromatic carbocycles. The van der Waals surface area contributed by atoms with E-state index in [1.807, 2.05) is 12.1 Å². The van der Waals surface area contributed by atoms with E-state index in [2.05, 4.69) is 4.98 Å². The summed E-state index contributed by atoms with van der Waals surface area (Å²) in [5.41, 5.74) is 0.999. The van der Waals surface area contributed by atoms with E-state index >= 15 is 0 Å². The van der Waals surface area contributed by atoms with Crippen molar-refractivity contribution in [1.82, 2.24) is 9.88 Å². The van der Waals surface area contributed by atoms with Crippen molar-refractivity contribution in [3.05, 3.63) is 30.1 Å². The van der Waals surface area contributed by atoms with Gasteiger partial charge in [-0.3, -0.25) is 9.78 Å². The average molecular weight is 240 g/mol. The van der Waals surface area contributed by atoms with Crippen LogP contribution in [-0.2, 0) is 11.2 Å². The predicted octanol–water partition coefficient (Wildman–Crippen LogP) is 1.88. The van der Waals surface area contributed by atoms with Crippen molar-refractivity contribution < 1.29 is 13.6 Å². The van der Waals surface area contributed by atoms with E-state index in [1.54, 1.807) is 12.4 Å². The van der Waals surface area contributed by atoms with Gasteiger partial charge in [0.25, 0.3) is 5.92 Å². The fourth-order valence-electron chi connectivity index (χ4n) is 1.91. The fourth-order valence-corrected chi connectivity index (χ4v) is 1.91. The highest BCUT2D eigenvalue weighted by atomic mass is 19.3. The first-order valence-electron chi connectivity index (χ1n) is 5.61. The number of pyridine rings is 1. The third kappa shape index (κ3) is 3.22. The van der Waals surface area contributed by atoms with Crippen LogP contribution < -0.4 is 0 Å². The minimum Gasteiger partial charge on any atom is -0.336 e. The Morgan fingerprint density at radius 2 is 2.12 bits per heavy atom. The van der Waals surface area contributed by atoms with Gasteiger partial charge in [0.1, 0.15) is 0 Å². The molecule has 1 amide bonds. The number of alkyl halides is 2. The summed E-state index contributed by atoms with van der Waals surface area (Å²) in [4.78, 5) is 16.8. The molecule has 1 fully saturated rings. The Morgan fingerprint density at radius 1 is 1.41 bits per heavy atom. The van der Waals surface area contributed by atoms with E-state index in [0.717, 1.165) is 5.56 Å². The van der Waals surface area contributed by atoms with Crippen LogP contribution in [0.15, 0.2) is 24.5 Å². The van der Waals surface area contributed by atoms with Crippen molar-refractivity contribution >= 4 is 5.91 Å². The molecule has 0 saturated carbocycles. The van der Waals surface area contributed by atoms with Crippen LogP contribution in [0.5, 0.6) is 0 Å². The Kier molecular flexibility index (Phi) is 3.36. The summed E-state index contributed by atoms with van der Waals surface area (Å²) in [7, 11) is 0. The third-order valence-corrected chi connectivity index (χ3v) is 2.90. The first-order valence-corrected chi connectivity index (χ1v) is 5.61. The van der Waals surface area contributed by atoms with Crippen molar-refractivity contribution in [3.8, 4) is 0 Å². The van der Waals surface area contributed by atoms with Gasteiger partial charge in [-0.1, -0.05) is 0 Å². The first-order chi connectivity index (χ1) is 8.07. The predicted molar refractivity (Wildman–Crippen MR) is 58.7 cm³/mol. The molecule has 0 atom stereocenters. The van der Waals surface area contributed by atoms with Crippen molar-refractivity contribution in [2.45, 2.75) is 25.2 Å². The molecule has 1 saturated heterocycles. The number of carbonyl (C=O) groups excluding carboxylic acids is 1. The van der Waals surface area contributed by atoms with Gasteiger partial charge in [-0.15, -0.1) is 0 Å². The molecule has 0 N–H and O–H groups in total. The molecule has 1 aliphatic rings. The molecular weight excluding hydrogens is 226 g/mol. The maximum Gasteiger partial charge on any atom is 0.267 e. The molecule has 2 heterocycles. The van der Waals surface area contributed by atoms with E-state index < -0.39 is 12.5 Å². The molecule has 1 aliphatic heterocycles. The number of aromatic nitrogens is 1. The second kappa shape index (κ2) is 4.77. The monoisotopic (exact) mass is 240 g/mol. The smallest absolute Gasteiger partial charge is 0.267 e. The summed E-state index contributed by atoms with van der Waals surface area (Å²) < 4.78 is 25.8. The van der Waals surface area contributed by atoms with Gasteiger partial charge in [0.2, 0.25) is 5.91 Å². The molecule has 0 bridgehead atoms. The summed E-state index contributed by atoms with van der Waals surface area (Å²) in [5.74, 6) is -2.90. The Labute approximate surface area is 98.5 Å². The maximum atomic E-state index is 12.9. The van der Waals surface area contributed by atoms with Crippen molar-refractivity contribution in [2.75, 3.05) is 13.1 Å². The summed E-state index contributed by atoms with van der Waals surface area (Å²) in [6.45, 7) is -0.260. The van der Waals surface area contributed by atoms with Gasteiger partial charge in [-0.05, 0) is 24.1 Å². The minimum absolute atomic E-state index is 0.169. The van der Waals surface area contributed by atoms with Gasteiger partial charge >= 0.3 is 0 Å². The number of nitrogens with zero attached hydrogens (tertiary/aromatic N) is 2. The Hall–Kier alpha value is -1.52. The molecule has 5 heteroatoms. The number of likely N-dealkylation sites (tertiary alicyclic amines) is 1. The zero-order chi connectivity index (χ0) is 12.3. The summed E-state index contributed by atoms with van der Waals surface area (Å²) in [5, 5.41) is 0. The van der Waals surface area contributed by atoms with Crippen molar-refractivity contribution in [3.63, 3.8) is 0 Å². The van der Waals surface area contributed by atoms with Crippen molar-refractivity contribution in [2.24, 2.45) is 0 Å². The first kappa shape index (κ1) is 12.0. The number of halogens is 2. The normalized spacial score (nSPS) is 18.4. The Balaban J connectivity index is 1.83. The topological polar surface area (TPSA) is 33.2 Å². The van der Waals surface area contributed by atoms with E-state index in [0.29, 0.717) is 6.42 Å². The average Bonchev–Trinajstić information content (AvgIpc) is 2.68. The molecule has 17 heavy (non-hydrogen) atoms. The lowest BCUT2D eigenvalue weighted by Crippen LogP contribution is -2.31. The van der Waals surface area contributed by atoms with E-state index in [1.165, 1.54) is 4.90 Å². The van der Waals surface area contributed by atoms with Crippen LogP contribution in [-0.4, -0.2) is 34.8 Å². The quantitative estimate of drug-likeness (QED) is 0.808. The minimum atomic E-state index is -2.70. The fraction of sp³-hybridized carbons (Fsp3) is 0.500. The second-order valence-corrected chi connectivity index (χ2v) is 4.28. The Bertz CT molecular complexity index is 395. The second-order valence-electron chi connectivity index (χ2n) is 4.28. The molecule has 1 aromatic rings. The number of amides is 1. The van der Waals surface area contributed by atoms with Gasteiger partial charge < -0.3 is 4.90 Å². The molecule has 0 radical (unpaired) electrons. The van der Waals surface area contributed by atoms with Gasteiger partial charge in [0.05, 0.1) is 6.54 Å². The van der Waals surface area contributed by atoms with Crippen LogP contribution in [0.25, 0.3) is 0 Å². The van der Waals surface area contributed by atoms with E-state index in [9.17, 15) is 13.6 Å². The molecule has 2 rings (SSSR count). The molecule has 0 spiro atoms. The zero-order valence-corrected chi connectivity index (χ0v) is 9.40. The molecule has 1 aromatic heterocycles. The largest absolute Gasteiger partial charge is 0.336 e. The molecule has 0 aliphatic carbocycles. The van der Waals surface area contributed by atoms with Crippen LogP contribution in [0, 0.1) is 0 Å². The standard InChI is InChI=1S/C12H14F2N2O/c13-12(14)5-8-16(9-12)11(17)2-1-10-3-6-15-7-4-10/h3-4,6-7H,1-2,5,8-9H2. The van der Waals surface area contributed by atoms with Gasteiger partial charge in [0.15, 0.2) is 0 Å². The van der Waals surface area contributed by atoms with Crippen LogP contribution >= 0.6 is 0 Å². The lowest BCUT2D eigenvalue weighted by atomic mass is 10.1. The summed E-state index contributed by atoms with van der Waals surface area (Å²) >= 11 is 0. The van der Waals surface area contributed by atoms with Gasteiger partial charge in [0, 0.05) is 31.8 Å². The zero-order valence-electron chi connectivity index (χ0n) is 9.40. The molecule has 92 valence electrons. The SMILES string of the molecule is O=C(CCc1ccncc1)N1CCC(F)(F)C1. The number of aryl methyl sites for hydroxylation is 1. The number of hydrogen-bond acceptors (Lipinski definition) is 2. The van der Waals surface area contributed by atoms with E-state index in [4.69, 9.17) is 0 Å². The molecule has 3 nitrogen and oxygen atoms in total. The highest BCUT2D eigenvalue weighted by Gasteiger charge is 2.39. The maximum absolute atomic E-state index is 12.9. The molecule has 0 unspecified atom stereocenters. The lowest BCUT2D eigenvalue weighted by Gasteiger charge is -2.15. The third-order valence-electron chi connectivity index (χ3n) is 2.90. The van der Waals surface area contributed by atoms with Crippen LogP contribution in [0.2, 0.25) is 0 Å². The highest BCUT2D eigenvalue weighted by molar-refractivity contribution is 5.76. The van der Waals surface area contributed by atoms with Crippen molar-refractivity contribution in [1.29, 1.82) is 0 Å². The van der Waals surface area contributed by atoms with Crippen LogP contribution in [0.1, 0.15) is 18.4 Å². The number of rotatable bonds is 3. The number of hydrogen-bond donors (Lipinski definition) is 0. The van der Waals surface area contributed by atoms with E-state index in [-0.39, 0.29) is 25.3 Å². The van der Waals surface area contributed by atoms with Gasteiger partial charge in [-0.25, -0.2) is 8.78 Å². The highest BCUT2D eigenvalue weighted by Crippen LogP contribution is 2.27. The molecular formula is C12H14F2N2O. The number of carbonyl (C=O) groups is 1. The Morgan fingerprint density at radius 3 is 2.71 bits per heavy atom. The summed E-state index contributed by atoms with van der Waals surface area (Å²) in [6.07, 6.45) is 3.95. The summed E-state index contributed by atoms with van der Waals surface area (Å²) in [6, 6.07) is 3.65.